The van der Waals surface area contributed by atoms with E-state index >= 15 is 0 Å². The summed E-state index contributed by atoms with van der Waals surface area (Å²) in [5.74, 6) is -1.98. The van der Waals surface area contributed by atoms with E-state index in [1.165, 1.54) is 36.3 Å². The van der Waals surface area contributed by atoms with Crippen molar-refractivity contribution >= 4 is 34.7 Å². The molecule has 5 nitrogen and oxygen atoms in total. The minimum absolute atomic E-state index is 0.0788. The van der Waals surface area contributed by atoms with E-state index in [-0.39, 0.29) is 11.3 Å². The average molecular weight is 438 g/mol. The number of benzene rings is 3. The molecule has 1 N–H and O–H groups in total. The van der Waals surface area contributed by atoms with Crippen molar-refractivity contribution in [2.75, 3.05) is 12.0 Å². The van der Waals surface area contributed by atoms with E-state index < -0.39 is 23.5 Å². The fraction of sp³-hybridized carbons (Fsp3) is 0.0833. The number of aliphatic hydroxyl groups excluding tert-OH is 1. The van der Waals surface area contributed by atoms with Crippen LogP contribution in [-0.2, 0) is 9.59 Å². The molecule has 3 aromatic carbocycles. The molecule has 0 radical (unpaired) electrons. The van der Waals surface area contributed by atoms with Gasteiger partial charge in [0.2, 0.25) is 0 Å². The number of ketones is 1. The van der Waals surface area contributed by atoms with Crippen molar-refractivity contribution in [3.63, 3.8) is 0 Å². The third-order valence-corrected chi connectivity index (χ3v) is 5.33. The van der Waals surface area contributed by atoms with Crippen LogP contribution in [0.4, 0.5) is 10.1 Å². The molecule has 31 heavy (non-hydrogen) atoms. The van der Waals surface area contributed by atoms with E-state index in [4.69, 9.17) is 16.3 Å². The summed E-state index contributed by atoms with van der Waals surface area (Å²) in [6, 6.07) is 17.5. The van der Waals surface area contributed by atoms with Crippen LogP contribution in [0, 0.1) is 5.82 Å². The zero-order chi connectivity index (χ0) is 22.1. The number of hydrogen-bond donors (Lipinski definition) is 1. The molecule has 1 amide bonds. The lowest BCUT2D eigenvalue weighted by Gasteiger charge is -2.25. The van der Waals surface area contributed by atoms with Gasteiger partial charge in [-0.1, -0.05) is 35.9 Å². The van der Waals surface area contributed by atoms with Crippen LogP contribution in [0.15, 0.2) is 78.4 Å². The Morgan fingerprint density at radius 1 is 1.03 bits per heavy atom. The van der Waals surface area contributed by atoms with E-state index in [1.54, 1.807) is 48.5 Å². The van der Waals surface area contributed by atoms with Gasteiger partial charge >= 0.3 is 0 Å². The lowest BCUT2D eigenvalue weighted by molar-refractivity contribution is -0.132. The number of nitrogens with zero attached hydrogens (tertiary/aromatic N) is 1. The molecule has 0 aliphatic carbocycles. The van der Waals surface area contributed by atoms with Crippen LogP contribution >= 0.6 is 11.6 Å². The third kappa shape index (κ3) is 3.78. The van der Waals surface area contributed by atoms with Gasteiger partial charge in [-0.05, 0) is 54.1 Å². The molecule has 156 valence electrons. The number of ether oxygens (including phenoxy) is 1. The maximum absolute atomic E-state index is 13.5. The number of methoxy groups -OCH3 is 1. The number of rotatable bonds is 4. The molecule has 0 aromatic heterocycles. The Morgan fingerprint density at radius 3 is 2.35 bits per heavy atom. The second-order valence-electron chi connectivity index (χ2n) is 6.93. The highest BCUT2D eigenvalue weighted by atomic mass is 35.5. The second kappa shape index (κ2) is 8.24. The smallest absolute Gasteiger partial charge is 0.300 e. The lowest BCUT2D eigenvalue weighted by Crippen LogP contribution is -2.29. The number of amides is 1. The summed E-state index contributed by atoms with van der Waals surface area (Å²) in [5.41, 5.74) is 1.14. The highest BCUT2D eigenvalue weighted by molar-refractivity contribution is 6.51. The van der Waals surface area contributed by atoms with Crippen LogP contribution in [0.1, 0.15) is 17.2 Å². The molecule has 7 heteroatoms. The predicted octanol–water partition coefficient (Wildman–Crippen LogP) is 5.11. The van der Waals surface area contributed by atoms with Gasteiger partial charge in [0.1, 0.15) is 17.3 Å². The van der Waals surface area contributed by atoms with E-state index in [0.717, 1.165) is 0 Å². The molecule has 4 rings (SSSR count). The van der Waals surface area contributed by atoms with Crippen molar-refractivity contribution in [2.45, 2.75) is 6.04 Å². The molecule has 1 aliphatic rings. The van der Waals surface area contributed by atoms with Crippen LogP contribution in [-0.4, -0.2) is 23.9 Å². The number of hydrogen-bond acceptors (Lipinski definition) is 4. The summed E-state index contributed by atoms with van der Waals surface area (Å²) in [5, 5.41) is 11.5. The van der Waals surface area contributed by atoms with Gasteiger partial charge in [0, 0.05) is 16.3 Å². The summed E-state index contributed by atoms with van der Waals surface area (Å²) < 4.78 is 18.7. The van der Waals surface area contributed by atoms with E-state index in [1.807, 2.05) is 0 Å². The second-order valence-corrected chi connectivity index (χ2v) is 7.37. The van der Waals surface area contributed by atoms with Crippen LogP contribution in [0.25, 0.3) is 5.76 Å². The molecule has 1 atom stereocenters. The Balaban J connectivity index is 1.93. The number of Topliss-reactive ketones (excluding diaryl/α,β-unsaturated/α-hetero) is 1. The van der Waals surface area contributed by atoms with Gasteiger partial charge in [-0.25, -0.2) is 4.39 Å². The molecule has 1 unspecified atom stereocenters. The number of carbonyl (C=O) groups is 2. The highest BCUT2D eigenvalue weighted by Crippen LogP contribution is 2.42. The number of halogens is 2. The van der Waals surface area contributed by atoms with Gasteiger partial charge in [-0.15, -0.1) is 0 Å². The molecule has 1 aliphatic heterocycles. The number of carbonyl (C=O) groups excluding carboxylic acids is 2. The first-order chi connectivity index (χ1) is 14.9. The minimum Gasteiger partial charge on any atom is -0.507 e. The average Bonchev–Trinajstić information content (AvgIpc) is 3.05. The quantitative estimate of drug-likeness (QED) is 0.350. The molecule has 0 spiro atoms. The summed E-state index contributed by atoms with van der Waals surface area (Å²) >= 11 is 6.01. The first-order valence-electron chi connectivity index (χ1n) is 9.37. The topological polar surface area (TPSA) is 66.8 Å². The van der Waals surface area contributed by atoms with Crippen LogP contribution in [0.2, 0.25) is 5.02 Å². The van der Waals surface area contributed by atoms with E-state index in [9.17, 15) is 19.1 Å². The fourth-order valence-corrected chi connectivity index (χ4v) is 3.71. The van der Waals surface area contributed by atoms with E-state index in [2.05, 4.69) is 0 Å². The normalized spacial score (nSPS) is 17.8. The zero-order valence-corrected chi connectivity index (χ0v) is 17.1. The fourth-order valence-electron chi connectivity index (χ4n) is 3.59. The lowest BCUT2D eigenvalue weighted by atomic mass is 9.95. The van der Waals surface area contributed by atoms with Crippen molar-refractivity contribution in [3.05, 3.63) is 100 Å². The van der Waals surface area contributed by atoms with Gasteiger partial charge in [0.25, 0.3) is 11.7 Å². The van der Waals surface area contributed by atoms with Crippen molar-refractivity contribution < 1.29 is 23.8 Å². The molecular formula is C24H17ClFNO4. The molecule has 1 heterocycles. The predicted molar refractivity (Wildman–Crippen MR) is 116 cm³/mol. The largest absolute Gasteiger partial charge is 0.507 e. The van der Waals surface area contributed by atoms with Crippen molar-refractivity contribution in [3.8, 4) is 5.75 Å². The van der Waals surface area contributed by atoms with Crippen LogP contribution < -0.4 is 9.64 Å². The molecule has 0 saturated carbocycles. The maximum Gasteiger partial charge on any atom is 0.300 e. The van der Waals surface area contributed by atoms with Crippen molar-refractivity contribution in [1.29, 1.82) is 0 Å². The van der Waals surface area contributed by atoms with Gasteiger partial charge in [-0.2, -0.15) is 0 Å². The molecular weight excluding hydrogens is 421 g/mol. The van der Waals surface area contributed by atoms with Gasteiger partial charge < -0.3 is 9.84 Å². The molecule has 3 aromatic rings. The Bertz CT molecular complexity index is 1190. The summed E-state index contributed by atoms with van der Waals surface area (Å²) in [4.78, 5) is 27.3. The first-order valence-corrected chi connectivity index (χ1v) is 9.75. The maximum atomic E-state index is 13.5. The minimum atomic E-state index is -0.922. The summed E-state index contributed by atoms with van der Waals surface area (Å²) in [6.07, 6.45) is 0. The molecule has 1 fully saturated rings. The first kappa shape index (κ1) is 20.6. The Kier molecular flexibility index (Phi) is 5.48. The van der Waals surface area contributed by atoms with Crippen molar-refractivity contribution in [1.82, 2.24) is 0 Å². The molecule has 1 saturated heterocycles. The standard InChI is InChI=1S/C24H17ClFNO4/c1-31-19-4-2-3-15(13-19)22(28)20-21(14-5-7-16(25)8-6-14)27(24(30)23(20)29)18-11-9-17(26)10-12-18/h2-13,21,28H,1H3/b22-20-. The Labute approximate surface area is 182 Å². The third-order valence-electron chi connectivity index (χ3n) is 5.08. The number of aliphatic hydroxyl groups is 1. The van der Waals surface area contributed by atoms with Gasteiger partial charge in [-0.3, -0.25) is 14.5 Å². The Morgan fingerprint density at radius 2 is 1.71 bits per heavy atom. The Hall–Kier alpha value is -3.64. The van der Waals surface area contributed by atoms with Gasteiger partial charge in [0.15, 0.2) is 0 Å². The monoisotopic (exact) mass is 437 g/mol. The number of anilines is 1. The van der Waals surface area contributed by atoms with Crippen LogP contribution in [0.5, 0.6) is 5.75 Å². The summed E-state index contributed by atoms with van der Waals surface area (Å²) in [6.45, 7) is 0. The van der Waals surface area contributed by atoms with Gasteiger partial charge in [0.05, 0.1) is 18.7 Å². The molecule has 0 bridgehead atoms. The summed E-state index contributed by atoms with van der Waals surface area (Å²) in [7, 11) is 1.49. The zero-order valence-electron chi connectivity index (χ0n) is 16.4. The van der Waals surface area contributed by atoms with Crippen LogP contribution in [0.3, 0.4) is 0 Å². The highest BCUT2D eigenvalue weighted by Gasteiger charge is 2.46. The SMILES string of the molecule is COc1cccc(/C(O)=C2/C(=O)C(=O)N(c3ccc(F)cc3)C2c2ccc(Cl)cc2)c1. The van der Waals surface area contributed by atoms with E-state index in [0.29, 0.717) is 27.6 Å². The van der Waals surface area contributed by atoms with Crippen molar-refractivity contribution in [2.24, 2.45) is 0 Å².